The zero-order chi connectivity index (χ0) is 15.9. The van der Waals surface area contributed by atoms with E-state index in [0.29, 0.717) is 6.61 Å². The van der Waals surface area contributed by atoms with Gasteiger partial charge in [0.05, 0.1) is 19.0 Å². The molecule has 0 aliphatic carbocycles. The van der Waals surface area contributed by atoms with Crippen molar-refractivity contribution >= 4 is 16.1 Å². The molecule has 0 spiro atoms. The van der Waals surface area contributed by atoms with E-state index >= 15 is 0 Å². The maximum absolute atomic E-state index is 11.2. The van der Waals surface area contributed by atoms with Crippen LogP contribution in [0.2, 0.25) is 0 Å². The molecule has 1 saturated heterocycles. The second-order valence-corrected chi connectivity index (χ2v) is 6.59. The highest BCUT2D eigenvalue weighted by Gasteiger charge is 2.21. The van der Waals surface area contributed by atoms with Gasteiger partial charge in [0, 0.05) is 18.6 Å². The highest BCUT2D eigenvalue weighted by atomic mass is 32.2. The topological polar surface area (TPSA) is 99.1 Å². The van der Waals surface area contributed by atoms with Crippen molar-refractivity contribution in [3.05, 3.63) is 12.2 Å². The smallest absolute Gasteiger partial charge is 0.331 e. The Morgan fingerprint density at radius 1 is 1.48 bits per heavy atom. The van der Waals surface area contributed by atoms with E-state index in [9.17, 15) is 13.2 Å². The molecular formula is C13H22O7S. The van der Waals surface area contributed by atoms with Crippen LogP contribution in [0.25, 0.3) is 0 Å². The fourth-order valence-electron chi connectivity index (χ4n) is 1.97. The third-order valence-electron chi connectivity index (χ3n) is 2.97. The monoisotopic (exact) mass is 322 g/mol. The molecule has 0 bridgehead atoms. The summed E-state index contributed by atoms with van der Waals surface area (Å²) in [6.07, 6.45) is 2.87. The number of carbonyl (C=O) groups is 1. The van der Waals surface area contributed by atoms with E-state index in [0.717, 1.165) is 25.5 Å². The van der Waals surface area contributed by atoms with Crippen molar-refractivity contribution in [2.24, 2.45) is 0 Å². The molecule has 0 aromatic carbocycles. The minimum atomic E-state index is -3.67. The number of rotatable bonds is 9. The predicted molar refractivity (Wildman–Crippen MR) is 75.3 cm³/mol. The van der Waals surface area contributed by atoms with Crippen molar-refractivity contribution in [2.45, 2.75) is 44.5 Å². The van der Waals surface area contributed by atoms with Gasteiger partial charge < -0.3 is 14.6 Å². The van der Waals surface area contributed by atoms with E-state index in [1.54, 1.807) is 0 Å². The molecule has 1 N–H and O–H groups in total. The van der Waals surface area contributed by atoms with Gasteiger partial charge in [-0.2, -0.15) is 8.42 Å². The standard InChI is InChI=1S/C13H22O7S/c1-10(13(14)15)9-11(20-21(2,16)17)6-8-19-12-5-3-4-7-18-12/h11-12H,1,3-9H2,2H3,(H,14,15). The summed E-state index contributed by atoms with van der Waals surface area (Å²) in [5, 5.41) is 8.80. The predicted octanol–water partition coefficient (Wildman–Crippen LogP) is 1.30. The van der Waals surface area contributed by atoms with Gasteiger partial charge >= 0.3 is 5.97 Å². The highest BCUT2D eigenvalue weighted by molar-refractivity contribution is 7.86. The number of hydrogen-bond acceptors (Lipinski definition) is 6. The van der Waals surface area contributed by atoms with Gasteiger partial charge in [-0.25, -0.2) is 4.79 Å². The average molecular weight is 322 g/mol. The molecule has 8 heteroatoms. The Bertz CT molecular complexity index is 451. The summed E-state index contributed by atoms with van der Waals surface area (Å²) < 4.78 is 38.1. The van der Waals surface area contributed by atoms with Crippen LogP contribution in [0, 0.1) is 0 Å². The summed E-state index contributed by atoms with van der Waals surface area (Å²) in [5.74, 6) is -1.17. The number of hydrogen-bond donors (Lipinski definition) is 1. The van der Waals surface area contributed by atoms with E-state index in [1.807, 2.05) is 0 Å². The molecule has 1 rings (SSSR count). The molecule has 2 atom stereocenters. The molecule has 0 aromatic rings. The number of carboxylic acid groups (broad SMARTS) is 1. The van der Waals surface area contributed by atoms with Gasteiger partial charge in [0.15, 0.2) is 6.29 Å². The molecule has 1 aliphatic rings. The first-order valence-electron chi connectivity index (χ1n) is 6.80. The van der Waals surface area contributed by atoms with Gasteiger partial charge in [0.25, 0.3) is 10.1 Å². The van der Waals surface area contributed by atoms with Gasteiger partial charge in [-0.05, 0) is 25.7 Å². The molecule has 0 radical (unpaired) electrons. The van der Waals surface area contributed by atoms with E-state index in [-0.39, 0.29) is 31.3 Å². The molecule has 0 amide bonds. The summed E-state index contributed by atoms with van der Waals surface area (Å²) in [5.41, 5.74) is -0.0995. The molecule has 2 unspecified atom stereocenters. The zero-order valence-corrected chi connectivity index (χ0v) is 12.9. The minimum Gasteiger partial charge on any atom is -0.478 e. The minimum absolute atomic E-state index is 0.0721. The molecular weight excluding hydrogens is 300 g/mol. The summed E-state index contributed by atoms with van der Waals surface area (Å²) in [7, 11) is -3.67. The SMILES string of the molecule is C=C(CC(CCOC1CCCCO1)OS(C)(=O)=O)C(=O)O. The average Bonchev–Trinajstić information content (AvgIpc) is 2.37. The van der Waals surface area contributed by atoms with Crippen molar-refractivity contribution in [1.82, 2.24) is 0 Å². The summed E-state index contributed by atoms with van der Waals surface area (Å²) >= 11 is 0. The van der Waals surface area contributed by atoms with E-state index in [4.69, 9.17) is 18.8 Å². The summed E-state index contributed by atoms with van der Waals surface area (Å²) in [6, 6.07) is 0. The summed E-state index contributed by atoms with van der Waals surface area (Å²) in [6.45, 7) is 4.27. The maximum atomic E-state index is 11.2. The molecule has 0 saturated carbocycles. The maximum Gasteiger partial charge on any atom is 0.331 e. The van der Waals surface area contributed by atoms with Crippen molar-refractivity contribution < 1.29 is 32.0 Å². The van der Waals surface area contributed by atoms with Gasteiger partial charge in [-0.3, -0.25) is 4.18 Å². The Labute approximate surface area is 125 Å². The Morgan fingerprint density at radius 2 is 2.19 bits per heavy atom. The van der Waals surface area contributed by atoms with Gasteiger partial charge in [0.1, 0.15) is 0 Å². The molecule has 1 fully saturated rings. The first kappa shape index (κ1) is 18.1. The molecule has 7 nitrogen and oxygen atoms in total. The Morgan fingerprint density at radius 3 is 2.71 bits per heavy atom. The lowest BCUT2D eigenvalue weighted by Gasteiger charge is -2.24. The second kappa shape index (κ2) is 8.47. The quantitative estimate of drug-likeness (QED) is 0.504. The molecule has 1 heterocycles. The Balaban J connectivity index is 2.43. The molecule has 122 valence electrons. The molecule has 21 heavy (non-hydrogen) atoms. The van der Waals surface area contributed by atoms with Crippen LogP contribution in [0.5, 0.6) is 0 Å². The number of aliphatic carboxylic acids is 1. The fraction of sp³-hybridized carbons (Fsp3) is 0.769. The van der Waals surface area contributed by atoms with Gasteiger partial charge in [-0.15, -0.1) is 0 Å². The van der Waals surface area contributed by atoms with Crippen molar-refractivity contribution in [1.29, 1.82) is 0 Å². The van der Waals surface area contributed by atoms with Crippen LogP contribution in [-0.4, -0.2) is 51.4 Å². The molecule has 1 aliphatic heterocycles. The number of ether oxygens (including phenoxy) is 2. The second-order valence-electron chi connectivity index (χ2n) is 4.99. The largest absolute Gasteiger partial charge is 0.478 e. The number of carboxylic acids is 1. The third kappa shape index (κ3) is 8.15. The van der Waals surface area contributed by atoms with E-state index in [1.165, 1.54) is 0 Å². The van der Waals surface area contributed by atoms with Gasteiger partial charge in [-0.1, -0.05) is 6.58 Å². The highest BCUT2D eigenvalue weighted by Crippen LogP contribution is 2.17. The Hall–Kier alpha value is -0.960. The van der Waals surface area contributed by atoms with E-state index in [2.05, 4.69) is 6.58 Å². The lowest BCUT2D eigenvalue weighted by Crippen LogP contribution is -2.26. The lowest BCUT2D eigenvalue weighted by atomic mass is 10.1. The van der Waals surface area contributed by atoms with Crippen LogP contribution in [-0.2, 0) is 28.6 Å². The Kier molecular flexibility index (Phi) is 7.30. The zero-order valence-electron chi connectivity index (χ0n) is 12.1. The normalized spacial score (nSPS) is 20.9. The fourth-order valence-corrected chi connectivity index (χ4v) is 2.63. The van der Waals surface area contributed by atoms with Crippen molar-refractivity contribution in [3.63, 3.8) is 0 Å². The first-order chi connectivity index (χ1) is 9.78. The van der Waals surface area contributed by atoms with Crippen LogP contribution in [0.4, 0.5) is 0 Å². The van der Waals surface area contributed by atoms with Crippen LogP contribution in [0.15, 0.2) is 12.2 Å². The van der Waals surface area contributed by atoms with Crippen LogP contribution in [0.1, 0.15) is 32.1 Å². The molecule has 0 aromatic heterocycles. The lowest BCUT2D eigenvalue weighted by molar-refractivity contribution is -0.164. The van der Waals surface area contributed by atoms with Gasteiger partial charge in [0.2, 0.25) is 0 Å². The third-order valence-corrected chi connectivity index (χ3v) is 3.59. The van der Waals surface area contributed by atoms with E-state index < -0.39 is 22.2 Å². The van der Waals surface area contributed by atoms with Crippen LogP contribution in [0.3, 0.4) is 0 Å². The van der Waals surface area contributed by atoms with Crippen LogP contribution < -0.4 is 0 Å². The summed E-state index contributed by atoms with van der Waals surface area (Å²) in [4.78, 5) is 10.8. The van der Waals surface area contributed by atoms with Crippen LogP contribution >= 0.6 is 0 Å². The van der Waals surface area contributed by atoms with Crippen molar-refractivity contribution in [2.75, 3.05) is 19.5 Å². The first-order valence-corrected chi connectivity index (χ1v) is 8.62. The van der Waals surface area contributed by atoms with Crippen molar-refractivity contribution in [3.8, 4) is 0 Å².